The highest BCUT2D eigenvalue weighted by atomic mass is 16.5. The number of hydrogen-bond acceptors (Lipinski definition) is 3. The zero-order chi connectivity index (χ0) is 19.0. The first-order valence-electron chi connectivity index (χ1n) is 10.2. The second kappa shape index (κ2) is 7.17. The lowest BCUT2D eigenvalue weighted by Gasteiger charge is -2.48. The van der Waals surface area contributed by atoms with Crippen LogP contribution in [0.4, 0.5) is 0 Å². The zero-order valence-corrected chi connectivity index (χ0v) is 16.5. The Morgan fingerprint density at radius 1 is 1.26 bits per heavy atom. The van der Waals surface area contributed by atoms with Gasteiger partial charge in [-0.15, -0.1) is 0 Å². The van der Waals surface area contributed by atoms with Gasteiger partial charge in [-0.25, -0.2) is 0 Å². The fourth-order valence-electron chi connectivity index (χ4n) is 4.86. The minimum absolute atomic E-state index is 0.0558. The molecule has 1 aromatic carbocycles. The molecule has 1 atom stereocenters. The zero-order valence-electron chi connectivity index (χ0n) is 16.5. The number of carbonyl (C=O) groups excluding carboxylic acids is 2. The molecule has 1 aliphatic carbocycles. The van der Waals surface area contributed by atoms with Crippen LogP contribution >= 0.6 is 0 Å². The normalized spacial score (nSPS) is 25.8. The average Bonchev–Trinajstić information content (AvgIpc) is 3.48. The van der Waals surface area contributed by atoms with Crippen LogP contribution in [0.2, 0.25) is 0 Å². The van der Waals surface area contributed by atoms with E-state index in [1.807, 2.05) is 30.0 Å². The van der Waals surface area contributed by atoms with E-state index in [9.17, 15) is 9.59 Å². The summed E-state index contributed by atoms with van der Waals surface area (Å²) in [6, 6.07) is 5.75. The van der Waals surface area contributed by atoms with Crippen molar-refractivity contribution in [2.45, 2.75) is 45.4 Å². The standard InChI is InChI=1S/C22H30N2O3/c1-16-5-3-6-18(20(16)27-2)21(26)23-12-4-10-22(14-23)11-9-19(25)24(15-22)13-17-7-8-17/h3,5-6,17H,4,7-15H2,1-2H3/t22-/m1/s1. The largest absolute Gasteiger partial charge is 0.496 e. The molecule has 146 valence electrons. The van der Waals surface area contributed by atoms with Crippen molar-refractivity contribution in [3.05, 3.63) is 29.3 Å². The third-order valence-corrected chi connectivity index (χ3v) is 6.52. The molecule has 1 spiro atoms. The Morgan fingerprint density at radius 2 is 2.07 bits per heavy atom. The Kier molecular flexibility index (Phi) is 4.87. The Hall–Kier alpha value is -2.04. The summed E-state index contributed by atoms with van der Waals surface area (Å²) in [6.07, 6.45) is 6.16. The number of para-hydroxylation sites is 1. The Labute approximate surface area is 161 Å². The summed E-state index contributed by atoms with van der Waals surface area (Å²) in [7, 11) is 1.62. The lowest BCUT2D eigenvalue weighted by molar-refractivity contribution is -0.139. The molecule has 1 saturated carbocycles. The quantitative estimate of drug-likeness (QED) is 0.817. The van der Waals surface area contributed by atoms with Crippen LogP contribution in [0, 0.1) is 18.3 Å². The number of methoxy groups -OCH3 is 1. The number of piperidine rings is 2. The molecule has 5 heteroatoms. The van der Waals surface area contributed by atoms with Gasteiger partial charge in [0.25, 0.3) is 5.91 Å². The highest BCUT2D eigenvalue weighted by molar-refractivity contribution is 5.97. The molecule has 2 saturated heterocycles. The molecule has 2 aliphatic heterocycles. The summed E-state index contributed by atoms with van der Waals surface area (Å²) in [5.74, 6) is 1.75. The first-order valence-corrected chi connectivity index (χ1v) is 10.2. The van der Waals surface area contributed by atoms with Gasteiger partial charge in [-0.05, 0) is 56.6 Å². The number of benzene rings is 1. The first-order chi connectivity index (χ1) is 13.0. The highest BCUT2D eigenvalue weighted by Gasteiger charge is 2.44. The van der Waals surface area contributed by atoms with Gasteiger partial charge in [-0.1, -0.05) is 12.1 Å². The molecular formula is C22H30N2O3. The van der Waals surface area contributed by atoms with E-state index < -0.39 is 0 Å². The van der Waals surface area contributed by atoms with E-state index in [0.717, 1.165) is 51.0 Å². The Bertz CT molecular complexity index is 743. The molecule has 1 aromatic rings. The van der Waals surface area contributed by atoms with Crippen LogP contribution in [-0.4, -0.2) is 54.9 Å². The average molecular weight is 370 g/mol. The molecule has 0 unspecified atom stereocenters. The van der Waals surface area contributed by atoms with Gasteiger partial charge in [0.2, 0.25) is 5.91 Å². The maximum atomic E-state index is 13.3. The van der Waals surface area contributed by atoms with Crippen molar-refractivity contribution < 1.29 is 14.3 Å². The third kappa shape index (κ3) is 3.69. The summed E-state index contributed by atoms with van der Waals surface area (Å²) in [6.45, 7) is 5.23. The van der Waals surface area contributed by atoms with Gasteiger partial charge in [0.05, 0.1) is 12.7 Å². The number of nitrogens with zero attached hydrogens (tertiary/aromatic N) is 2. The molecule has 0 N–H and O–H groups in total. The minimum Gasteiger partial charge on any atom is -0.496 e. The number of amides is 2. The van der Waals surface area contributed by atoms with Crippen LogP contribution in [0.25, 0.3) is 0 Å². The van der Waals surface area contributed by atoms with Crippen molar-refractivity contribution in [1.82, 2.24) is 9.80 Å². The van der Waals surface area contributed by atoms with Crippen LogP contribution in [0.1, 0.15) is 54.4 Å². The first kappa shape index (κ1) is 18.3. The van der Waals surface area contributed by atoms with Crippen molar-refractivity contribution in [3.8, 4) is 5.75 Å². The summed E-state index contributed by atoms with van der Waals surface area (Å²) in [5.41, 5.74) is 1.69. The summed E-state index contributed by atoms with van der Waals surface area (Å²) in [5, 5.41) is 0. The lowest BCUT2D eigenvalue weighted by atomic mass is 9.73. The molecule has 27 heavy (non-hydrogen) atoms. The van der Waals surface area contributed by atoms with Crippen LogP contribution in [0.5, 0.6) is 5.75 Å². The van der Waals surface area contributed by atoms with Gasteiger partial charge in [0, 0.05) is 38.0 Å². The van der Waals surface area contributed by atoms with Crippen LogP contribution in [0.3, 0.4) is 0 Å². The van der Waals surface area contributed by atoms with Gasteiger partial charge < -0.3 is 14.5 Å². The predicted octanol–water partition coefficient (Wildman–Crippen LogP) is 3.26. The van der Waals surface area contributed by atoms with E-state index in [1.165, 1.54) is 12.8 Å². The van der Waals surface area contributed by atoms with Crippen molar-refractivity contribution in [3.63, 3.8) is 0 Å². The number of aryl methyl sites for hydroxylation is 1. The third-order valence-electron chi connectivity index (χ3n) is 6.52. The summed E-state index contributed by atoms with van der Waals surface area (Å²) < 4.78 is 5.51. The number of carbonyl (C=O) groups is 2. The SMILES string of the molecule is COc1c(C)cccc1C(=O)N1CCC[C@@]2(CCC(=O)N(CC3CC3)C2)C1. The van der Waals surface area contributed by atoms with E-state index in [4.69, 9.17) is 4.74 Å². The van der Waals surface area contributed by atoms with Gasteiger partial charge >= 0.3 is 0 Å². The smallest absolute Gasteiger partial charge is 0.257 e. The van der Waals surface area contributed by atoms with Crippen LogP contribution in [0.15, 0.2) is 18.2 Å². The van der Waals surface area contributed by atoms with E-state index in [-0.39, 0.29) is 11.3 Å². The van der Waals surface area contributed by atoms with E-state index in [2.05, 4.69) is 4.90 Å². The molecule has 3 fully saturated rings. The molecule has 4 rings (SSSR count). The second-order valence-electron chi connectivity index (χ2n) is 8.70. The van der Waals surface area contributed by atoms with Gasteiger partial charge in [-0.3, -0.25) is 9.59 Å². The topological polar surface area (TPSA) is 49.9 Å². The maximum absolute atomic E-state index is 13.3. The van der Waals surface area contributed by atoms with Crippen LogP contribution < -0.4 is 4.74 Å². The summed E-state index contributed by atoms with van der Waals surface area (Å²) in [4.78, 5) is 29.7. The number of likely N-dealkylation sites (tertiary alicyclic amines) is 2. The Morgan fingerprint density at radius 3 is 2.81 bits per heavy atom. The molecular weight excluding hydrogens is 340 g/mol. The molecule has 3 aliphatic rings. The van der Waals surface area contributed by atoms with Gasteiger partial charge in [0.1, 0.15) is 5.75 Å². The van der Waals surface area contributed by atoms with Gasteiger partial charge in [-0.2, -0.15) is 0 Å². The monoisotopic (exact) mass is 370 g/mol. The van der Waals surface area contributed by atoms with Crippen molar-refractivity contribution in [2.75, 3.05) is 33.3 Å². The summed E-state index contributed by atoms with van der Waals surface area (Å²) >= 11 is 0. The van der Waals surface area contributed by atoms with E-state index in [0.29, 0.717) is 29.6 Å². The molecule has 0 aromatic heterocycles. The van der Waals surface area contributed by atoms with Crippen molar-refractivity contribution >= 4 is 11.8 Å². The fraction of sp³-hybridized carbons (Fsp3) is 0.636. The molecule has 0 bridgehead atoms. The Balaban J connectivity index is 1.51. The van der Waals surface area contributed by atoms with E-state index >= 15 is 0 Å². The number of hydrogen-bond donors (Lipinski definition) is 0. The highest BCUT2D eigenvalue weighted by Crippen LogP contribution is 2.41. The molecule has 2 amide bonds. The molecule has 0 radical (unpaired) electrons. The minimum atomic E-state index is 0.0558. The second-order valence-corrected chi connectivity index (χ2v) is 8.70. The molecule has 5 nitrogen and oxygen atoms in total. The maximum Gasteiger partial charge on any atom is 0.257 e. The lowest BCUT2D eigenvalue weighted by Crippen LogP contribution is -2.55. The van der Waals surface area contributed by atoms with Crippen molar-refractivity contribution in [1.29, 1.82) is 0 Å². The van der Waals surface area contributed by atoms with Gasteiger partial charge in [0.15, 0.2) is 0 Å². The predicted molar refractivity (Wildman–Crippen MR) is 104 cm³/mol. The van der Waals surface area contributed by atoms with E-state index in [1.54, 1.807) is 7.11 Å². The van der Waals surface area contributed by atoms with Crippen molar-refractivity contribution in [2.24, 2.45) is 11.3 Å². The fourth-order valence-corrected chi connectivity index (χ4v) is 4.86. The number of rotatable bonds is 4. The van der Waals surface area contributed by atoms with Crippen LogP contribution in [-0.2, 0) is 4.79 Å². The number of ether oxygens (including phenoxy) is 1. The molecule has 2 heterocycles.